The van der Waals surface area contributed by atoms with Crippen LogP contribution in [0.25, 0.3) is 33.2 Å². The number of carbonyl (C=O) groups excluding carboxylic acids is 1. The van der Waals surface area contributed by atoms with E-state index in [9.17, 15) is 4.79 Å². The summed E-state index contributed by atoms with van der Waals surface area (Å²) in [4.78, 5) is 26.2. The average molecular weight is 365 g/mol. The highest BCUT2D eigenvalue weighted by molar-refractivity contribution is 6.11. The van der Waals surface area contributed by atoms with Gasteiger partial charge in [0.1, 0.15) is 6.33 Å². The molecule has 2 aromatic carbocycles. The molecule has 5 rings (SSSR count). The van der Waals surface area contributed by atoms with Gasteiger partial charge in [-0.2, -0.15) is 0 Å². The highest BCUT2D eigenvalue weighted by atomic mass is 16.2. The van der Waals surface area contributed by atoms with Gasteiger partial charge in [0.05, 0.1) is 27.8 Å². The summed E-state index contributed by atoms with van der Waals surface area (Å²) in [6.45, 7) is 0. The highest BCUT2D eigenvalue weighted by Crippen LogP contribution is 2.25. The number of rotatable bonds is 3. The fraction of sp³-hybridized carbons (Fsp3) is 0. The molecule has 0 saturated carbocycles. The van der Waals surface area contributed by atoms with E-state index < -0.39 is 0 Å². The van der Waals surface area contributed by atoms with Crippen molar-refractivity contribution >= 4 is 27.8 Å². The third-order valence-corrected chi connectivity index (χ3v) is 4.61. The number of hydrogen-bond donors (Lipinski definition) is 1. The van der Waals surface area contributed by atoms with Gasteiger partial charge < -0.3 is 0 Å². The van der Waals surface area contributed by atoms with Crippen LogP contribution < -0.4 is 5.43 Å². The first-order valence-electron chi connectivity index (χ1n) is 8.83. The Kier molecular flexibility index (Phi) is 3.80. The van der Waals surface area contributed by atoms with Crippen LogP contribution in [-0.4, -0.2) is 25.5 Å². The molecule has 6 nitrogen and oxygen atoms in total. The van der Waals surface area contributed by atoms with E-state index in [1.807, 2.05) is 66.7 Å². The van der Waals surface area contributed by atoms with Crippen molar-refractivity contribution in [2.45, 2.75) is 0 Å². The van der Waals surface area contributed by atoms with Crippen molar-refractivity contribution in [3.63, 3.8) is 0 Å². The normalized spacial score (nSPS) is 11.0. The molecule has 0 aliphatic rings. The van der Waals surface area contributed by atoms with E-state index >= 15 is 0 Å². The smallest absolute Gasteiger partial charge is 0.267 e. The lowest BCUT2D eigenvalue weighted by atomic mass is 10.0. The van der Waals surface area contributed by atoms with Crippen LogP contribution in [-0.2, 0) is 0 Å². The Morgan fingerprint density at radius 1 is 0.893 bits per heavy atom. The van der Waals surface area contributed by atoms with Gasteiger partial charge in [0.15, 0.2) is 0 Å². The van der Waals surface area contributed by atoms with Crippen LogP contribution in [0.2, 0.25) is 0 Å². The lowest BCUT2D eigenvalue weighted by Gasteiger charge is -2.11. The van der Waals surface area contributed by atoms with Crippen molar-refractivity contribution in [2.24, 2.45) is 0 Å². The Balaban J connectivity index is 1.62. The summed E-state index contributed by atoms with van der Waals surface area (Å²) in [7, 11) is 0. The van der Waals surface area contributed by atoms with Crippen LogP contribution in [0.1, 0.15) is 10.4 Å². The maximum absolute atomic E-state index is 13.2. The molecule has 3 heterocycles. The second kappa shape index (κ2) is 6.59. The van der Waals surface area contributed by atoms with Gasteiger partial charge in [0.2, 0.25) is 0 Å². The molecule has 0 fully saturated rings. The fourth-order valence-electron chi connectivity index (χ4n) is 3.25. The second-order valence-electron chi connectivity index (χ2n) is 6.35. The van der Waals surface area contributed by atoms with Gasteiger partial charge in [-0.15, -0.1) is 0 Å². The van der Waals surface area contributed by atoms with E-state index in [1.54, 1.807) is 23.4 Å². The zero-order chi connectivity index (χ0) is 18.9. The molecule has 0 radical (unpaired) electrons. The number of imidazole rings is 1. The average Bonchev–Trinajstić information content (AvgIpc) is 3.16. The second-order valence-corrected chi connectivity index (χ2v) is 6.35. The van der Waals surface area contributed by atoms with Crippen molar-refractivity contribution in [3.05, 3.63) is 91.0 Å². The van der Waals surface area contributed by atoms with E-state index in [0.717, 1.165) is 33.2 Å². The molecule has 0 unspecified atom stereocenters. The minimum atomic E-state index is -0.225. The molecule has 0 aliphatic carbocycles. The molecule has 3 aromatic heterocycles. The third kappa shape index (κ3) is 2.77. The van der Waals surface area contributed by atoms with Gasteiger partial charge in [0, 0.05) is 23.3 Å². The molecule has 1 N–H and O–H groups in total. The lowest BCUT2D eigenvalue weighted by Crippen LogP contribution is -2.22. The summed E-state index contributed by atoms with van der Waals surface area (Å²) in [5.74, 6) is -0.225. The number of hydrogen-bond acceptors (Lipinski definition) is 4. The first-order valence-corrected chi connectivity index (χ1v) is 8.83. The predicted octanol–water partition coefficient (Wildman–Crippen LogP) is 4.03. The van der Waals surface area contributed by atoms with E-state index in [-0.39, 0.29) is 5.91 Å². The number of aromatic nitrogens is 4. The molecule has 28 heavy (non-hydrogen) atoms. The SMILES string of the molecule is O=C(Nn1cnc2ccccc21)c1cc(-c2ccncc2)nc2ccccc12. The zero-order valence-corrected chi connectivity index (χ0v) is 14.8. The van der Waals surface area contributed by atoms with Gasteiger partial charge in [-0.25, -0.2) is 14.6 Å². The number of benzene rings is 2. The minimum Gasteiger partial charge on any atom is -0.267 e. The Bertz CT molecular complexity index is 1310. The van der Waals surface area contributed by atoms with E-state index in [4.69, 9.17) is 4.98 Å². The Hall–Kier alpha value is -4.06. The van der Waals surface area contributed by atoms with Crippen LogP contribution in [0.4, 0.5) is 0 Å². The molecule has 0 spiro atoms. The summed E-state index contributed by atoms with van der Waals surface area (Å²) in [6, 6.07) is 20.8. The quantitative estimate of drug-likeness (QED) is 0.524. The largest absolute Gasteiger partial charge is 0.270 e. The first-order chi connectivity index (χ1) is 13.8. The van der Waals surface area contributed by atoms with Crippen LogP contribution in [0, 0.1) is 0 Å². The van der Waals surface area contributed by atoms with Crippen LogP contribution in [0.15, 0.2) is 85.5 Å². The molecule has 0 aliphatic heterocycles. The number of pyridine rings is 2. The minimum absolute atomic E-state index is 0.225. The van der Waals surface area contributed by atoms with E-state index in [2.05, 4.69) is 15.4 Å². The fourth-order valence-corrected chi connectivity index (χ4v) is 3.25. The van der Waals surface area contributed by atoms with E-state index in [0.29, 0.717) is 5.56 Å². The summed E-state index contributed by atoms with van der Waals surface area (Å²) in [6.07, 6.45) is 5.03. The number of nitrogens with zero attached hydrogens (tertiary/aromatic N) is 4. The number of amides is 1. The van der Waals surface area contributed by atoms with Gasteiger partial charge in [-0.1, -0.05) is 30.3 Å². The van der Waals surface area contributed by atoms with Crippen molar-refractivity contribution in [1.29, 1.82) is 0 Å². The van der Waals surface area contributed by atoms with Crippen molar-refractivity contribution < 1.29 is 4.79 Å². The predicted molar refractivity (Wildman–Crippen MR) is 108 cm³/mol. The van der Waals surface area contributed by atoms with Crippen molar-refractivity contribution in [3.8, 4) is 11.3 Å². The summed E-state index contributed by atoms with van der Waals surface area (Å²) in [5.41, 5.74) is 7.53. The Morgan fingerprint density at radius 2 is 1.64 bits per heavy atom. The first kappa shape index (κ1) is 16.1. The lowest BCUT2D eigenvalue weighted by molar-refractivity contribution is 0.101. The van der Waals surface area contributed by atoms with Gasteiger partial charge >= 0.3 is 0 Å². The van der Waals surface area contributed by atoms with Gasteiger partial charge in [-0.3, -0.25) is 15.2 Å². The maximum atomic E-state index is 13.2. The van der Waals surface area contributed by atoms with Gasteiger partial charge in [0.25, 0.3) is 5.91 Å². The maximum Gasteiger partial charge on any atom is 0.270 e. The number of nitrogens with one attached hydrogen (secondary N) is 1. The molecule has 1 amide bonds. The van der Waals surface area contributed by atoms with Crippen LogP contribution in [0.5, 0.6) is 0 Å². The molecule has 0 bridgehead atoms. The van der Waals surface area contributed by atoms with Crippen LogP contribution in [0.3, 0.4) is 0 Å². The summed E-state index contributed by atoms with van der Waals surface area (Å²) < 4.78 is 1.64. The number of fused-ring (bicyclic) bond motifs is 2. The van der Waals surface area contributed by atoms with Crippen molar-refractivity contribution in [2.75, 3.05) is 5.43 Å². The standard InChI is InChI=1S/C22H15N5O/c28-22(26-27-14-24-19-7-3-4-8-21(19)27)17-13-20(15-9-11-23-12-10-15)25-18-6-2-1-5-16(17)18/h1-14H,(H,26,28). The third-order valence-electron chi connectivity index (χ3n) is 4.61. The molecule has 6 heteroatoms. The molecular formula is C22H15N5O. The highest BCUT2D eigenvalue weighted by Gasteiger charge is 2.15. The summed E-state index contributed by atoms with van der Waals surface area (Å²) in [5, 5.41) is 0.794. The number of carbonyl (C=O) groups is 1. The van der Waals surface area contributed by atoms with Gasteiger partial charge in [-0.05, 0) is 36.4 Å². The topological polar surface area (TPSA) is 72.7 Å². The summed E-state index contributed by atoms with van der Waals surface area (Å²) >= 11 is 0. The molecule has 5 aromatic rings. The Morgan fingerprint density at radius 3 is 2.50 bits per heavy atom. The zero-order valence-electron chi connectivity index (χ0n) is 14.8. The van der Waals surface area contributed by atoms with Crippen molar-refractivity contribution in [1.82, 2.24) is 19.6 Å². The Labute approximate surface area is 160 Å². The molecule has 0 saturated heterocycles. The van der Waals surface area contributed by atoms with Crippen LogP contribution >= 0.6 is 0 Å². The van der Waals surface area contributed by atoms with E-state index in [1.165, 1.54) is 0 Å². The molecular weight excluding hydrogens is 350 g/mol. The molecule has 134 valence electrons. The molecule has 0 atom stereocenters. The number of para-hydroxylation sites is 3. The monoisotopic (exact) mass is 365 g/mol.